The number of hydrogen-bond donors (Lipinski definition) is 2. The summed E-state index contributed by atoms with van der Waals surface area (Å²) in [7, 11) is 1.70. The van der Waals surface area contributed by atoms with E-state index in [1.165, 1.54) is 0 Å². The largest absolute Gasteiger partial charge is 0.385 e. The summed E-state index contributed by atoms with van der Waals surface area (Å²) in [5, 5.41) is 6.23. The molecule has 1 atom stereocenters. The summed E-state index contributed by atoms with van der Waals surface area (Å²) in [6.07, 6.45) is 0.932. The molecule has 0 radical (unpaired) electrons. The fraction of sp³-hybridized carbons (Fsp3) is 0.533. The molecule has 1 amide bonds. The second-order valence-electron chi connectivity index (χ2n) is 4.72. The summed E-state index contributed by atoms with van der Waals surface area (Å²) in [6.45, 7) is 7.42. The SMILES string of the molecule is CCNC(=O)c1ccc(C)c(NC(C)CCOC)c1. The molecule has 0 bridgehead atoms. The third kappa shape index (κ3) is 4.91. The van der Waals surface area contributed by atoms with Gasteiger partial charge in [-0.25, -0.2) is 0 Å². The second-order valence-corrected chi connectivity index (χ2v) is 4.72. The molecule has 0 heterocycles. The van der Waals surface area contributed by atoms with Crippen LogP contribution >= 0.6 is 0 Å². The number of ether oxygens (including phenoxy) is 1. The number of amides is 1. The van der Waals surface area contributed by atoms with E-state index in [1.54, 1.807) is 7.11 Å². The number of carbonyl (C=O) groups excluding carboxylic acids is 1. The highest BCUT2D eigenvalue weighted by Crippen LogP contribution is 2.18. The van der Waals surface area contributed by atoms with Crippen LogP contribution in [0.3, 0.4) is 0 Å². The summed E-state index contributed by atoms with van der Waals surface area (Å²) >= 11 is 0. The van der Waals surface area contributed by atoms with Crippen molar-refractivity contribution in [2.45, 2.75) is 33.2 Å². The third-order valence-corrected chi connectivity index (χ3v) is 2.99. The minimum absolute atomic E-state index is 0.0323. The lowest BCUT2D eigenvalue weighted by atomic mass is 10.1. The molecule has 0 aliphatic rings. The van der Waals surface area contributed by atoms with Gasteiger partial charge in [-0.1, -0.05) is 6.07 Å². The Morgan fingerprint density at radius 1 is 1.42 bits per heavy atom. The Hall–Kier alpha value is -1.55. The minimum Gasteiger partial charge on any atom is -0.385 e. The molecule has 1 aromatic carbocycles. The van der Waals surface area contributed by atoms with Crippen LogP contribution < -0.4 is 10.6 Å². The van der Waals surface area contributed by atoms with Crippen molar-refractivity contribution in [3.63, 3.8) is 0 Å². The molecule has 2 N–H and O–H groups in total. The van der Waals surface area contributed by atoms with Gasteiger partial charge in [0.15, 0.2) is 0 Å². The summed E-state index contributed by atoms with van der Waals surface area (Å²) in [5.74, 6) is -0.0323. The number of nitrogens with one attached hydrogen (secondary N) is 2. The summed E-state index contributed by atoms with van der Waals surface area (Å²) in [6, 6.07) is 6.04. The molecule has 0 aromatic heterocycles. The molecule has 0 saturated heterocycles. The summed E-state index contributed by atoms with van der Waals surface area (Å²) < 4.78 is 5.07. The normalized spacial score (nSPS) is 12.0. The van der Waals surface area contributed by atoms with Crippen LogP contribution in [0.1, 0.15) is 36.2 Å². The zero-order chi connectivity index (χ0) is 14.3. The van der Waals surface area contributed by atoms with Crippen LogP contribution in [0.25, 0.3) is 0 Å². The van der Waals surface area contributed by atoms with Crippen LogP contribution in [-0.4, -0.2) is 32.2 Å². The van der Waals surface area contributed by atoms with Gasteiger partial charge in [0, 0.05) is 37.6 Å². The smallest absolute Gasteiger partial charge is 0.251 e. The van der Waals surface area contributed by atoms with E-state index < -0.39 is 0 Å². The third-order valence-electron chi connectivity index (χ3n) is 2.99. The minimum atomic E-state index is -0.0323. The van der Waals surface area contributed by atoms with Gasteiger partial charge in [-0.3, -0.25) is 4.79 Å². The van der Waals surface area contributed by atoms with Gasteiger partial charge in [0.2, 0.25) is 0 Å². The molecular formula is C15H24N2O2. The zero-order valence-corrected chi connectivity index (χ0v) is 12.2. The molecule has 0 aliphatic carbocycles. The van der Waals surface area contributed by atoms with E-state index in [2.05, 4.69) is 17.6 Å². The first-order valence-corrected chi connectivity index (χ1v) is 6.72. The summed E-state index contributed by atoms with van der Waals surface area (Å²) in [4.78, 5) is 11.8. The molecule has 1 rings (SSSR count). The Labute approximate surface area is 115 Å². The van der Waals surface area contributed by atoms with Crippen molar-refractivity contribution in [1.82, 2.24) is 5.32 Å². The standard InChI is InChI=1S/C15H24N2O2/c1-5-16-15(18)13-7-6-11(2)14(10-13)17-12(3)8-9-19-4/h6-7,10,12,17H,5,8-9H2,1-4H3,(H,16,18). The van der Waals surface area contributed by atoms with Gasteiger partial charge in [0.25, 0.3) is 5.91 Å². The predicted molar refractivity (Wildman–Crippen MR) is 78.8 cm³/mol. The van der Waals surface area contributed by atoms with Crippen LogP contribution in [0.5, 0.6) is 0 Å². The van der Waals surface area contributed by atoms with Crippen molar-refractivity contribution in [2.75, 3.05) is 25.6 Å². The molecule has 4 heteroatoms. The van der Waals surface area contributed by atoms with E-state index in [1.807, 2.05) is 32.0 Å². The average Bonchev–Trinajstić information content (AvgIpc) is 2.39. The van der Waals surface area contributed by atoms with E-state index in [0.29, 0.717) is 18.2 Å². The van der Waals surface area contributed by atoms with Gasteiger partial charge in [-0.15, -0.1) is 0 Å². The molecule has 0 spiro atoms. The lowest BCUT2D eigenvalue weighted by Gasteiger charge is -2.17. The highest BCUT2D eigenvalue weighted by molar-refractivity contribution is 5.95. The maximum Gasteiger partial charge on any atom is 0.251 e. The van der Waals surface area contributed by atoms with Crippen molar-refractivity contribution in [3.05, 3.63) is 29.3 Å². The first kappa shape index (κ1) is 15.5. The second kappa shape index (κ2) is 7.79. The Kier molecular flexibility index (Phi) is 6.36. The monoisotopic (exact) mass is 264 g/mol. The van der Waals surface area contributed by atoms with Gasteiger partial charge < -0.3 is 15.4 Å². The van der Waals surface area contributed by atoms with Gasteiger partial charge in [0.05, 0.1) is 0 Å². The van der Waals surface area contributed by atoms with Crippen molar-refractivity contribution in [2.24, 2.45) is 0 Å². The Balaban J connectivity index is 2.76. The molecule has 106 valence electrons. The van der Waals surface area contributed by atoms with Crippen LogP contribution in [0.15, 0.2) is 18.2 Å². The lowest BCUT2D eigenvalue weighted by Crippen LogP contribution is -2.23. The van der Waals surface area contributed by atoms with E-state index in [0.717, 1.165) is 24.3 Å². The zero-order valence-electron chi connectivity index (χ0n) is 12.2. The van der Waals surface area contributed by atoms with Crippen LogP contribution in [0, 0.1) is 6.92 Å². The maximum absolute atomic E-state index is 11.8. The Bertz CT molecular complexity index is 419. The number of aryl methyl sites for hydroxylation is 1. The van der Waals surface area contributed by atoms with Crippen molar-refractivity contribution in [1.29, 1.82) is 0 Å². The summed E-state index contributed by atoms with van der Waals surface area (Å²) in [5.41, 5.74) is 2.83. The number of methoxy groups -OCH3 is 1. The van der Waals surface area contributed by atoms with Gasteiger partial charge in [-0.05, 0) is 44.9 Å². The van der Waals surface area contributed by atoms with Gasteiger partial charge in [0.1, 0.15) is 0 Å². The van der Waals surface area contributed by atoms with E-state index in [-0.39, 0.29) is 5.91 Å². The average molecular weight is 264 g/mol. The number of hydrogen-bond acceptors (Lipinski definition) is 3. The highest BCUT2D eigenvalue weighted by Gasteiger charge is 2.09. The molecular weight excluding hydrogens is 240 g/mol. The van der Waals surface area contributed by atoms with Crippen LogP contribution in [-0.2, 0) is 4.74 Å². The maximum atomic E-state index is 11.8. The van der Waals surface area contributed by atoms with Crippen LogP contribution in [0.2, 0.25) is 0 Å². The van der Waals surface area contributed by atoms with E-state index >= 15 is 0 Å². The van der Waals surface area contributed by atoms with Crippen molar-refractivity contribution in [3.8, 4) is 0 Å². The topological polar surface area (TPSA) is 50.4 Å². The molecule has 0 aliphatic heterocycles. The quantitative estimate of drug-likeness (QED) is 0.796. The van der Waals surface area contributed by atoms with Gasteiger partial charge in [-0.2, -0.15) is 0 Å². The highest BCUT2D eigenvalue weighted by atomic mass is 16.5. The molecule has 19 heavy (non-hydrogen) atoms. The Morgan fingerprint density at radius 2 is 2.16 bits per heavy atom. The fourth-order valence-corrected chi connectivity index (χ4v) is 1.81. The Morgan fingerprint density at radius 3 is 2.79 bits per heavy atom. The number of anilines is 1. The lowest BCUT2D eigenvalue weighted by molar-refractivity contribution is 0.0956. The molecule has 0 fully saturated rings. The molecule has 0 saturated carbocycles. The molecule has 4 nitrogen and oxygen atoms in total. The number of benzene rings is 1. The first-order chi connectivity index (χ1) is 9.08. The predicted octanol–water partition coefficient (Wildman–Crippen LogP) is 2.58. The van der Waals surface area contributed by atoms with Crippen LogP contribution in [0.4, 0.5) is 5.69 Å². The number of carbonyl (C=O) groups is 1. The molecule has 1 aromatic rings. The first-order valence-electron chi connectivity index (χ1n) is 6.72. The number of rotatable bonds is 7. The fourth-order valence-electron chi connectivity index (χ4n) is 1.81. The van der Waals surface area contributed by atoms with E-state index in [9.17, 15) is 4.79 Å². The van der Waals surface area contributed by atoms with Gasteiger partial charge >= 0.3 is 0 Å². The van der Waals surface area contributed by atoms with Crippen molar-refractivity contribution >= 4 is 11.6 Å². The molecule has 1 unspecified atom stereocenters. The van der Waals surface area contributed by atoms with E-state index in [4.69, 9.17) is 4.74 Å². The van der Waals surface area contributed by atoms with Crippen molar-refractivity contribution < 1.29 is 9.53 Å².